The zero-order chi connectivity index (χ0) is 13.4. The minimum Gasteiger partial charge on any atom is -0.355 e. The summed E-state index contributed by atoms with van der Waals surface area (Å²) in [6, 6.07) is -0.0939. The molecule has 2 aliphatic rings. The van der Waals surface area contributed by atoms with Gasteiger partial charge in [0, 0.05) is 26.1 Å². The first-order valence-electron chi connectivity index (χ1n) is 7.06. The average Bonchev–Trinajstić information content (AvgIpc) is 3.18. The van der Waals surface area contributed by atoms with Crippen LogP contribution < -0.4 is 5.32 Å². The molecule has 1 aliphatic carbocycles. The molecule has 6 heteroatoms. The van der Waals surface area contributed by atoms with Gasteiger partial charge in [-0.05, 0) is 26.2 Å². The molecule has 19 heavy (non-hydrogen) atoms. The van der Waals surface area contributed by atoms with Gasteiger partial charge < -0.3 is 5.32 Å². The number of carbonyl (C=O) groups excluding carboxylic acids is 1. The Morgan fingerprint density at radius 3 is 2.95 bits per heavy atom. The van der Waals surface area contributed by atoms with Crippen LogP contribution in [0.3, 0.4) is 0 Å². The SMILES string of the molecule is C[C@H]1C(=O)NCCCN1Cc1nc(C2CC2)nn1C. The molecule has 0 bridgehead atoms. The third kappa shape index (κ3) is 2.63. The standard InChI is InChI=1S/C13H21N5O/c1-9-13(19)14-6-3-7-18(9)8-11-15-12(10-4-5-10)16-17(11)2/h9-10H,3-8H2,1-2H3,(H,14,19)/t9-/m0/s1. The summed E-state index contributed by atoms with van der Waals surface area (Å²) in [4.78, 5) is 18.6. The van der Waals surface area contributed by atoms with Crippen molar-refractivity contribution in [2.75, 3.05) is 13.1 Å². The van der Waals surface area contributed by atoms with E-state index in [0.717, 1.165) is 31.2 Å². The lowest BCUT2D eigenvalue weighted by Gasteiger charge is -2.24. The highest BCUT2D eigenvalue weighted by atomic mass is 16.2. The molecular weight excluding hydrogens is 242 g/mol. The second-order valence-corrected chi connectivity index (χ2v) is 5.58. The van der Waals surface area contributed by atoms with Crippen molar-refractivity contribution in [1.82, 2.24) is 25.0 Å². The number of hydrogen-bond acceptors (Lipinski definition) is 4. The van der Waals surface area contributed by atoms with E-state index in [2.05, 4.69) is 20.3 Å². The van der Waals surface area contributed by atoms with Crippen LogP contribution >= 0.6 is 0 Å². The van der Waals surface area contributed by atoms with E-state index in [4.69, 9.17) is 0 Å². The van der Waals surface area contributed by atoms with E-state index in [9.17, 15) is 4.79 Å². The molecule has 1 aromatic heterocycles. The van der Waals surface area contributed by atoms with E-state index in [1.54, 1.807) is 0 Å². The van der Waals surface area contributed by atoms with Gasteiger partial charge in [-0.3, -0.25) is 14.4 Å². The maximum Gasteiger partial charge on any atom is 0.237 e. The molecule has 0 aromatic carbocycles. The normalized spacial score (nSPS) is 25.2. The summed E-state index contributed by atoms with van der Waals surface area (Å²) in [5.41, 5.74) is 0. The van der Waals surface area contributed by atoms with Gasteiger partial charge in [-0.2, -0.15) is 5.10 Å². The zero-order valence-electron chi connectivity index (χ0n) is 11.6. The number of hydrogen-bond donors (Lipinski definition) is 1. The highest BCUT2D eigenvalue weighted by molar-refractivity contribution is 5.81. The zero-order valence-corrected chi connectivity index (χ0v) is 11.6. The number of rotatable bonds is 3. The van der Waals surface area contributed by atoms with Crippen molar-refractivity contribution in [3.05, 3.63) is 11.6 Å². The van der Waals surface area contributed by atoms with Gasteiger partial charge in [-0.25, -0.2) is 4.98 Å². The fourth-order valence-electron chi connectivity index (χ4n) is 2.49. The largest absolute Gasteiger partial charge is 0.355 e. The molecule has 1 aromatic rings. The molecule has 0 spiro atoms. The second kappa shape index (κ2) is 4.92. The Morgan fingerprint density at radius 2 is 2.21 bits per heavy atom. The van der Waals surface area contributed by atoms with Crippen LogP contribution in [-0.4, -0.2) is 44.7 Å². The van der Waals surface area contributed by atoms with Gasteiger partial charge in [-0.15, -0.1) is 0 Å². The first kappa shape index (κ1) is 12.6. The van der Waals surface area contributed by atoms with Crippen LogP contribution in [0, 0.1) is 0 Å². The van der Waals surface area contributed by atoms with E-state index in [-0.39, 0.29) is 11.9 Å². The van der Waals surface area contributed by atoms with Crippen LogP contribution in [0.4, 0.5) is 0 Å². The van der Waals surface area contributed by atoms with Crippen molar-refractivity contribution in [3.8, 4) is 0 Å². The summed E-state index contributed by atoms with van der Waals surface area (Å²) >= 11 is 0. The van der Waals surface area contributed by atoms with E-state index in [0.29, 0.717) is 12.5 Å². The molecule has 0 radical (unpaired) electrons. The maximum absolute atomic E-state index is 11.8. The molecule has 1 atom stereocenters. The maximum atomic E-state index is 11.8. The van der Waals surface area contributed by atoms with E-state index in [1.807, 2.05) is 18.7 Å². The van der Waals surface area contributed by atoms with Gasteiger partial charge in [0.05, 0.1) is 12.6 Å². The molecule has 6 nitrogen and oxygen atoms in total. The summed E-state index contributed by atoms with van der Waals surface area (Å²) in [5, 5.41) is 7.42. The van der Waals surface area contributed by atoms with Crippen LogP contribution in [0.25, 0.3) is 0 Å². The fourth-order valence-corrected chi connectivity index (χ4v) is 2.49. The van der Waals surface area contributed by atoms with Crippen molar-refractivity contribution in [3.63, 3.8) is 0 Å². The lowest BCUT2D eigenvalue weighted by molar-refractivity contribution is -0.125. The summed E-state index contributed by atoms with van der Waals surface area (Å²) in [6.07, 6.45) is 3.42. The molecule has 1 amide bonds. The topological polar surface area (TPSA) is 63.1 Å². The summed E-state index contributed by atoms with van der Waals surface area (Å²) < 4.78 is 1.86. The number of amides is 1. The molecule has 2 heterocycles. The molecule has 1 saturated carbocycles. The molecule has 104 valence electrons. The predicted molar refractivity (Wildman–Crippen MR) is 70.5 cm³/mol. The van der Waals surface area contributed by atoms with Gasteiger partial charge in [0.25, 0.3) is 0 Å². The van der Waals surface area contributed by atoms with Gasteiger partial charge in [-0.1, -0.05) is 0 Å². The van der Waals surface area contributed by atoms with Crippen molar-refractivity contribution in [1.29, 1.82) is 0 Å². The third-order valence-electron chi connectivity index (χ3n) is 4.01. The van der Waals surface area contributed by atoms with E-state index >= 15 is 0 Å². The quantitative estimate of drug-likeness (QED) is 0.857. The Morgan fingerprint density at radius 1 is 1.42 bits per heavy atom. The highest BCUT2D eigenvalue weighted by Gasteiger charge is 2.30. The van der Waals surface area contributed by atoms with Crippen LogP contribution in [0.15, 0.2) is 0 Å². The average molecular weight is 263 g/mol. The smallest absolute Gasteiger partial charge is 0.237 e. The molecule has 1 N–H and O–H groups in total. The van der Waals surface area contributed by atoms with Gasteiger partial charge in [0.15, 0.2) is 5.82 Å². The minimum atomic E-state index is -0.0939. The van der Waals surface area contributed by atoms with Crippen LogP contribution in [0.2, 0.25) is 0 Å². The van der Waals surface area contributed by atoms with Crippen LogP contribution in [-0.2, 0) is 18.4 Å². The Kier molecular flexibility index (Phi) is 3.26. The first-order chi connectivity index (χ1) is 9.15. The number of aryl methyl sites for hydroxylation is 1. The summed E-state index contributed by atoms with van der Waals surface area (Å²) in [6.45, 7) is 4.35. The second-order valence-electron chi connectivity index (χ2n) is 5.58. The van der Waals surface area contributed by atoms with Gasteiger partial charge in [0.1, 0.15) is 5.82 Å². The first-order valence-corrected chi connectivity index (χ1v) is 7.06. The number of nitrogens with one attached hydrogen (secondary N) is 1. The van der Waals surface area contributed by atoms with Gasteiger partial charge >= 0.3 is 0 Å². The Hall–Kier alpha value is -1.43. The van der Waals surface area contributed by atoms with E-state index in [1.165, 1.54) is 12.8 Å². The molecular formula is C13H21N5O. The van der Waals surface area contributed by atoms with Crippen molar-refractivity contribution >= 4 is 5.91 Å². The lowest BCUT2D eigenvalue weighted by atomic mass is 10.2. The Bertz CT molecular complexity index is 479. The van der Waals surface area contributed by atoms with Gasteiger partial charge in [0.2, 0.25) is 5.91 Å². The predicted octanol–water partition coefficient (Wildman–Crippen LogP) is 0.403. The monoisotopic (exact) mass is 263 g/mol. The fraction of sp³-hybridized carbons (Fsp3) is 0.769. The summed E-state index contributed by atoms with van der Waals surface area (Å²) in [7, 11) is 1.94. The number of aromatic nitrogens is 3. The molecule has 1 aliphatic heterocycles. The lowest BCUT2D eigenvalue weighted by Crippen LogP contribution is -2.42. The van der Waals surface area contributed by atoms with Crippen molar-refractivity contribution in [2.24, 2.45) is 7.05 Å². The number of carbonyl (C=O) groups is 1. The van der Waals surface area contributed by atoms with E-state index < -0.39 is 0 Å². The highest BCUT2D eigenvalue weighted by Crippen LogP contribution is 2.38. The molecule has 3 rings (SSSR count). The number of nitrogens with zero attached hydrogens (tertiary/aromatic N) is 4. The molecule has 2 fully saturated rings. The summed E-state index contributed by atoms with van der Waals surface area (Å²) in [5.74, 6) is 2.62. The van der Waals surface area contributed by atoms with Crippen LogP contribution in [0.5, 0.6) is 0 Å². The van der Waals surface area contributed by atoms with Crippen molar-refractivity contribution < 1.29 is 4.79 Å². The molecule has 1 saturated heterocycles. The Balaban J connectivity index is 1.73. The Labute approximate surface area is 113 Å². The minimum absolute atomic E-state index is 0.0939. The third-order valence-corrected chi connectivity index (χ3v) is 4.01. The molecule has 0 unspecified atom stereocenters. The van der Waals surface area contributed by atoms with Crippen LogP contribution in [0.1, 0.15) is 43.8 Å². The van der Waals surface area contributed by atoms with Crippen molar-refractivity contribution in [2.45, 2.75) is 44.7 Å².